The Labute approximate surface area is 209 Å². The summed E-state index contributed by atoms with van der Waals surface area (Å²) in [5, 5.41) is 8.80. The largest absolute Gasteiger partial charge is 0.476 e. The van der Waals surface area contributed by atoms with Crippen LogP contribution in [0, 0.1) is 5.82 Å². The molecule has 0 fully saturated rings. The lowest BCUT2D eigenvalue weighted by Gasteiger charge is -2.26. The molecule has 0 radical (unpaired) electrons. The molecule has 3 rings (SSSR count). The minimum atomic E-state index is -3.96. The molecule has 1 aliphatic rings. The normalized spacial score (nSPS) is 20.2. The number of aliphatic carboxylic acids is 1. The molecule has 2 unspecified atom stereocenters. The quantitative estimate of drug-likeness (QED) is 0.248. The van der Waals surface area contributed by atoms with Crippen molar-refractivity contribution in [3.63, 3.8) is 0 Å². The number of rotatable bonds is 9. The fourth-order valence-corrected chi connectivity index (χ4v) is 6.65. The van der Waals surface area contributed by atoms with Crippen LogP contribution < -0.4 is 4.74 Å². The summed E-state index contributed by atoms with van der Waals surface area (Å²) in [7, 11) is -2.41. The molecule has 2 aromatic carbocycles. The number of carboxylic acids is 1. The van der Waals surface area contributed by atoms with Crippen LogP contribution >= 0.6 is 11.8 Å². The van der Waals surface area contributed by atoms with Gasteiger partial charge in [0.15, 0.2) is 0 Å². The summed E-state index contributed by atoms with van der Waals surface area (Å²) >= 11 is 1.36. The van der Waals surface area contributed by atoms with Crippen molar-refractivity contribution in [2.45, 2.75) is 61.3 Å². The third-order valence-electron chi connectivity index (χ3n) is 6.09. The lowest BCUT2D eigenvalue weighted by atomic mass is 9.84. The van der Waals surface area contributed by atoms with Crippen molar-refractivity contribution < 1.29 is 31.8 Å². The van der Waals surface area contributed by atoms with Crippen LogP contribution in [0.1, 0.15) is 56.6 Å². The lowest BCUT2D eigenvalue weighted by Crippen LogP contribution is -2.36. The van der Waals surface area contributed by atoms with Crippen LogP contribution in [-0.4, -0.2) is 42.6 Å². The molecule has 1 heterocycles. The van der Waals surface area contributed by atoms with Gasteiger partial charge >= 0.3 is 5.97 Å². The predicted octanol–water partition coefficient (Wildman–Crippen LogP) is 5.93. The van der Waals surface area contributed by atoms with Crippen LogP contribution in [0.3, 0.4) is 0 Å². The van der Waals surface area contributed by atoms with Gasteiger partial charge in [0.05, 0.1) is 9.79 Å². The van der Waals surface area contributed by atoms with E-state index < -0.39 is 21.8 Å². The Bertz CT molecular complexity index is 1200. The van der Waals surface area contributed by atoms with E-state index in [1.807, 2.05) is 13.8 Å². The molecule has 0 aliphatic carbocycles. The van der Waals surface area contributed by atoms with E-state index in [4.69, 9.17) is 9.84 Å². The van der Waals surface area contributed by atoms with Crippen LogP contribution in [0.4, 0.5) is 8.78 Å². The van der Waals surface area contributed by atoms with Crippen molar-refractivity contribution in [1.82, 2.24) is 4.31 Å². The summed E-state index contributed by atoms with van der Waals surface area (Å²) < 4.78 is 61.4. The third-order valence-corrected chi connectivity index (χ3v) is 8.97. The van der Waals surface area contributed by atoms with Gasteiger partial charge in [-0.15, -0.1) is 11.8 Å². The van der Waals surface area contributed by atoms with Gasteiger partial charge in [-0.3, -0.25) is 0 Å². The molecule has 2 atom stereocenters. The Hall–Kier alpha value is -2.43. The van der Waals surface area contributed by atoms with E-state index in [0.29, 0.717) is 35.3 Å². The number of hydrogen-bond donors (Lipinski definition) is 1. The number of benzene rings is 2. The summed E-state index contributed by atoms with van der Waals surface area (Å²) in [6.07, 6.45) is 3.40. The number of thioether (sulfide) groups is 1. The van der Waals surface area contributed by atoms with Gasteiger partial charge in [-0.25, -0.2) is 17.6 Å². The number of carbonyl (C=O) groups is 1. The van der Waals surface area contributed by atoms with Gasteiger partial charge in [0.2, 0.25) is 15.9 Å². The van der Waals surface area contributed by atoms with E-state index in [1.165, 1.54) is 34.3 Å². The Morgan fingerprint density at radius 2 is 1.94 bits per heavy atom. The van der Waals surface area contributed by atoms with Crippen LogP contribution in [0.25, 0.3) is 0 Å². The van der Waals surface area contributed by atoms with Crippen molar-refractivity contribution in [1.29, 1.82) is 0 Å². The second kappa shape index (κ2) is 11.5. The average molecular weight is 526 g/mol. The highest BCUT2D eigenvalue weighted by Crippen LogP contribution is 2.45. The Kier molecular flexibility index (Phi) is 8.95. The van der Waals surface area contributed by atoms with Gasteiger partial charge < -0.3 is 9.84 Å². The first-order valence-electron chi connectivity index (χ1n) is 11.4. The number of carboxylic acid groups (broad SMARTS) is 1. The topological polar surface area (TPSA) is 83.9 Å². The molecule has 0 amide bonds. The van der Waals surface area contributed by atoms with Gasteiger partial charge in [-0.05, 0) is 47.9 Å². The van der Waals surface area contributed by atoms with Gasteiger partial charge in [-0.1, -0.05) is 38.8 Å². The molecule has 6 nitrogen and oxygen atoms in total. The monoisotopic (exact) mass is 525 g/mol. The molecular formula is C25H29F2NO5S2. The van der Waals surface area contributed by atoms with Crippen molar-refractivity contribution in [3.05, 3.63) is 65.4 Å². The molecule has 1 N–H and O–H groups in total. The molecule has 1 aliphatic heterocycles. The van der Waals surface area contributed by atoms with E-state index in [2.05, 4.69) is 0 Å². The number of ether oxygens (including phenoxy) is 1. The molecule has 0 saturated heterocycles. The van der Waals surface area contributed by atoms with Crippen LogP contribution in [0.2, 0.25) is 0 Å². The highest BCUT2D eigenvalue weighted by Gasteiger charge is 2.38. The van der Waals surface area contributed by atoms with E-state index >= 15 is 0 Å². The Balaban J connectivity index is 2.24. The first kappa shape index (κ1) is 27.2. The Morgan fingerprint density at radius 1 is 1.26 bits per heavy atom. The first-order valence-corrected chi connectivity index (χ1v) is 13.8. The molecule has 35 heavy (non-hydrogen) atoms. The minimum absolute atomic E-state index is 0.00732. The van der Waals surface area contributed by atoms with Crippen molar-refractivity contribution in [3.8, 4) is 5.75 Å². The smallest absolute Gasteiger partial charge is 0.368 e. The number of sulfonamides is 1. The second-order valence-electron chi connectivity index (χ2n) is 8.32. The maximum Gasteiger partial charge on any atom is 0.368 e. The van der Waals surface area contributed by atoms with Gasteiger partial charge in [-0.2, -0.15) is 8.70 Å². The maximum atomic E-state index is 13.7. The van der Waals surface area contributed by atoms with Crippen molar-refractivity contribution in [2.24, 2.45) is 0 Å². The summed E-state index contributed by atoms with van der Waals surface area (Å²) in [4.78, 5) is 11.4. The predicted molar refractivity (Wildman–Crippen MR) is 131 cm³/mol. The molecule has 2 aromatic rings. The number of nitrogens with zero attached hydrogens (tertiary/aromatic N) is 1. The standard InChI is InChI=1S/C25H29F2NO5S2/c1-4-6-7-18-12-19(16-8-10-17(26)11-9-16)20-13-23(34-5-2)22(33-15-21(27)25(29)30)14-24(20)35(31,32)28(18)3/h8-11,13-15,18-19H,4-7,12H2,1-3H3,(H,29,30)/b21-15-. The third kappa shape index (κ3) is 6.05. The number of halogens is 2. The van der Waals surface area contributed by atoms with Crippen molar-refractivity contribution in [2.75, 3.05) is 12.8 Å². The van der Waals surface area contributed by atoms with Crippen LogP contribution in [-0.2, 0) is 14.8 Å². The van der Waals surface area contributed by atoms with Gasteiger partial charge in [0.1, 0.15) is 17.8 Å². The molecule has 0 saturated carbocycles. The fraction of sp³-hybridized carbons (Fsp3) is 0.400. The van der Waals surface area contributed by atoms with E-state index in [-0.39, 0.29) is 28.4 Å². The molecule has 0 bridgehead atoms. The summed E-state index contributed by atoms with van der Waals surface area (Å²) in [6.45, 7) is 3.94. The summed E-state index contributed by atoms with van der Waals surface area (Å²) in [6, 6.07) is 8.83. The van der Waals surface area contributed by atoms with E-state index in [0.717, 1.165) is 18.4 Å². The van der Waals surface area contributed by atoms with E-state index in [1.54, 1.807) is 25.2 Å². The highest BCUT2D eigenvalue weighted by atomic mass is 32.2. The average Bonchev–Trinajstić information content (AvgIpc) is 2.90. The molecule has 10 heteroatoms. The maximum absolute atomic E-state index is 13.7. The zero-order valence-corrected chi connectivity index (χ0v) is 21.5. The molecule has 0 spiro atoms. The first-order chi connectivity index (χ1) is 16.6. The van der Waals surface area contributed by atoms with Gasteiger partial charge in [0, 0.05) is 25.1 Å². The molecule has 0 aromatic heterocycles. The fourth-order valence-electron chi connectivity index (χ4n) is 4.23. The second-order valence-corrected chi connectivity index (χ2v) is 11.6. The number of unbranched alkanes of at least 4 members (excludes halogenated alkanes) is 1. The number of hydrogen-bond acceptors (Lipinski definition) is 5. The number of fused-ring (bicyclic) bond motifs is 1. The van der Waals surface area contributed by atoms with E-state index in [9.17, 15) is 22.0 Å². The Morgan fingerprint density at radius 3 is 2.54 bits per heavy atom. The molecule has 190 valence electrons. The van der Waals surface area contributed by atoms with Crippen molar-refractivity contribution >= 4 is 27.8 Å². The zero-order valence-electron chi connectivity index (χ0n) is 19.8. The zero-order chi connectivity index (χ0) is 25.8. The summed E-state index contributed by atoms with van der Waals surface area (Å²) in [5.41, 5.74) is 1.34. The van der Waals surface area contributed by atoms with Gasteiger partial charge in [0.25, 0.3) is 0 Å². The highest BCUT2D eigenvalue weighted by molar-refractivity contribution is 7.99. The van der Waals surface area contributed by atoms with Crippen LogP contribution in [0.5, 0.6) is 5.75 Å². The van der Waals surface area contributed by atoms with Crippen LogP contribution in [0.15, 0.2) is 58.3 Å². The summed E-state index contributed by atoms with van der Waals surface area (Å²) in [5.74, 6) is -3.33. The lowest BCUT2D eigenvalue weighted by molar-refractivity contribution is -0.134. The minimum Gasteiger partial charge on any atom is -0.476 e. The SMILES string of the molecule is CCCCC1CC(c2ccc(F)cc2)c2cc(SCC)c(O/C=C(\F)C(=O)O)cc2S(=O)(=O)N1C. The molecular weight excluding hydrogens is 496 g/mol.